The van der Waals surface area contributed by atoms with Gasteiger partial charge in [0.15, 0.2) is 5.11 Å². The van der Waals surface area contributed by atoms with Crippen LogP contribution >= 0.6 is 12.2 Å². The number of thiocarbonyl (C=S) groups is 1. The molecule has 0 radical (unpaired) electrons. The summed E-state index contributed by atoms with van der Waals surface area (Å²) in [6.07, 6.45) is 6.00. The third kappa shape index (κ3) is 5.67. The Kier molecular flexibility index (Phi) is 7.10. The zero-order chi connectivity index (χ0) is 19.2. The van der Waals surface area contributed by atoms with Crippen LogP contribution < -0.4 is 20.4 Å². The average Bonchev–Trinajstić information content (AvgIpc) is 2.66. The molecule has 150 valence electrons. The molecule has 1 unspecified atom stereocenters. The molecule has 1 aromatic heterocycles. The number of anilines is 3. The zero-order valence-electron chi connectivity index (χ0n) is 17.0. The molecule has 6 nitrogen and oxygen atoms in total. The van der Waals surface area contributed by atoms with E-state index in [-0.39, 0.29) is 0 Å². The van der Waals surface area contributed by atoms with Gasteiger partial charge in [-0.25, -0.2) is 0 Å². The van der Waals surface area contributed by atoms with E-state index in [1.807, 2.05) is 0 Å². The number of nitrogens with one attached hydrogen (secondary N) is 2. The first kappa shape index (κ1) is 20.1. The number of piperidine rings is 2. The van der Waals surface area contributed by atoms with Crippen molar-refractivity contribution in [3.8, 4) is 0 Å². The fraction of sp³-hybridized carbons (Fsp3) is 0.750. The van der Waals surface area contributed by atoms with Crippen LogP contribution in [0.15, 0.2) is 6.07 Å². The Bertz CT molecular complexity index is 629. The maximum atomic E-state index is 5.41. The fourth-order valence-corrected chi connectivity index (χ4v) is 4.01. The minimum absolute atomic E-state index is 0.597. The van der Waals surface area contributed by atoms with Gasteiger partial charge in [0.1, 0.15) is 11.6 Å². The van der Waals surface area contributed by atoms with Crippen LogP contribution in [0.5, 0.6) is 0 Å². The molecule has 3 heterocycles. The smallest absolute Gasteiger partial charge is 0.232 e. The highest BCUT2D eigenvalue weighted by Gasteiger charge is 2.22. The quantitative estimate of drug-likeness (QED) is 0.744. The van der Waals surface area contributed by atoms with Crippen molar-refractivity contribution in [1.29, 1.82) is 0 Å². The first-order valence-corrected chi connectivity index (χ1v) is 10.9. The first-order chi connectivity index (χ1) is 13.0. The maximum absolute atomic E-state index is 5.41. The summed E-state index contributed by atoms with van der Waals surface area (Å²) in [6.45, 7) is 11.9. The molecule has 2 N–H and O–H groups in total. The summed E-state index contributed by atoms with van der Waals surface area (Å²) in [4.78, 5) is 14.4. The summed E-state index contributed by atoms with van der Waals surface area (Å²) < 4.78 is 0. The van der Waals surface area contributed by atoms with Gasteiger partial charge < -0.3 is 20.4 Å². The lowest BCUT2D eigenvalue weighted by molar-refractivity contribution is 0.435. The molecule has 0 aromatic carbocycles. The van der Waals surface area contributed by atoms with Crippen molar-refractivity contribution in [1.82, 2.24) is 15.3 Å². The number of hydrogen-bond donors (Lipinski definition) is 2. The van der Waals surface area contributed by atoms with Crippen LogP contribution in [-0.2, 0) is 0 Å². The van der Waals surface area contributed by atoms with Crippen molar-refractivity contribution < 1.29 is 0 Å². The van der Waals surface area contributed by atoms with Gasteiger partial charge in [-0.05, 0) is 56.2 Å². The van der Waals surface area contributed by atoms with E-state index >= 15 is 0 Å². The molecule has 1 aromatic rings. The highest BCUT2D eigenvalue weighted by Crippen LogP contribution is 2.28. The van der Waals surface area contributed by atoms with Crippen LogP contribution in [0.1, 0.15) is 52.9 Å². The third-order valence-corrected chi connectivity index (χ3v) is 5.80. The summed E-state index contributed by atoms with van der Waals surface area (Å²) in [6, 6.07) is 2.17. The molecular weight excluding hydrogens is 356 g/mol. The van der Waals surface area contributed by atoms with Gasteiger partial charge in [-0.3, -0.25) is 0 Å². The third-order valence-electron chi connectivity index (χ3n) is 5.55. The molecule has 0 bridgehead atoms. The maximum Gasteiger partial charge on any atom is 0.232 e. The van der Waals surface area contributed by atoms with E-state index in [0.29, 0.717) is 17.0 Å². The molecule has 0 amide bonds. The second-order valence-corrected chi connectivity index (χ2v) is 8.56. The first-order valence-electron chi connectivity index (χ1n) is 10.5. The van der Waals surface area contributed by atoms with Crippen LogP contribution in [-0.4, -0.2) is 47.8 Å². The molecule has 1 atom stereocenters. The molecule has 0 saturated carbocycles. The van der Waals surface area contributed by atoms with E-state index < -0.39 is 0 Å². The Morgan fingerprint density at radius 3 is 2.44 bits per heavy atom. The molecule has 2 aliphatic heterocycles. The van der Waals surface area contributed by atoms with Gasteiger partial charge in [0.05, 0.1) is 0 Å². The molecule has 2 aliphatic rings. The summed E-state index contributed by atoms with van der Waals surface area (Å²) in [5, 5.41) is 7.00. The van der Waals surface area contributed by atoms with Gasteiger partial charge in [0.25, 0.3) is 0 Å². The minimum atomic E-state index is 0.597. The van der Waals surface area contributed by atoms with Crippen LogP contribution in [0.2, 0.25) is 0 Å². The molecule has 0 aliphatic carbocycles. The fourth-order valence-electron chi connectivity index (χ4n) is 3.82. The van der Waals surface area contributed by atoms with Gasteiger partial charge in [-0.15, -0.1) is 0 Å². The molecule has 7 heteroatoms. The lowest BCUT2D eigenvalue weighted by Crippen LogP contribution is -2.37. The molecular formula is C20H34N6S. The largest absolute Gasteiger partial charge is 0.362 e. The van der Waals surface area contributed by atoms with Crippen molar-refractivity contribution in [3.63, 3.8) is 0 Å². The van der Waals surface area contributed by atoms with Gasteiger partial charge in [-0.2, -0.15) is 9.97 Å². The molecule has 0 spiro atoms. The van der Waals surface area contributed by atoms with E-state index in [1.165, 1.54) is 25.7 Å². The van der Waals surface area contributed by atoms with Crippen LogP contribution in [0.25, 0.3) is 0 Å². The lowest BCUT2D eigenvalue weighted by Gasteiger charge is -2.34. The highest BCUT2D eigenvalue weighted by atomic mass is 32.1. The van der Waals surface area contributed by atoms with E-state index in [2.05, 4.69) is 47.3 Å². The zero-order valence-corrected chi connectivity index (χ0v) is 17.8. The summed E-state index contributed by atoms with van der Waals surface area (Å²) in [5.74, 6) is 4.15. The SMILES string of the molecule is CCCNC(=S)Nc1nc(N2CCC(C)CC2)cc(N2CCCC(C)C2)n1. The van der Waals surface area contributed by atoms with Gasteiger partial charge in [0.2, 0.25) is 5.95 Å². The molecule has 3 rings (SSSR count). The predicted octanol–water partition coefficient (Wildman–Crippen LogP) is 3.65. The Morgan fingerprint density at radius 1 is 1.07 bits per heavy atom. The standard InChI is InChI=1S/C20H34N6S/c1-4-9-21-20(27)24-19-22-17(25-11-7-15(2)8-12-25)13-18(23-19)26-10-5-6-16(3)14-26/h13,15-16H,4-12,14H2,1-3H3,(H2,21,22,23,24,27). The highest BCUT2D eigenvalue weighted by molar-refractivity contribution is 7.80. The Hall–Kier alpha value is -1.63. The van der Waals surface area contributed by atoms with E-state index in [0.717, 1.165) is 56.7 Å². The van der Waals surface area contributed by atoms with Crippen LogP contribution in [0.3, 0.4) is 0 Å². The topological polar surface area (TPSA) is 56.3 Å². The minimum Gasteiger partial charge on any atom is -0.362 e. The van der Waals surface area contributed by atoms with Crippen LogP contribution in [0, 0.1) is 11.8 Å². The van der Waals surface area contributed by atoms with Gasteiger partial charge >= 0.3 is 0 Å². The van der Waals surface area contributed by atoms with E-state index in [9.17, 15) is 0 Å². The number of hydrogen-bond acceptors (Lipinski definition) is 5. The normalized spacial score (nSPS) is 21.2. The van der Waals surface area contributed by atoms with E-state index in [4.69, 9.17) is 22.2 Å². The Labute approximate surface area is 169 Å². The van der Waals surface area contributed by atoms with Crippen molar-refractivity contribution in [2.75, 3.05) is 47.8 Å². The Morgan fingerprint density at radius 2 is 1.78 bits per heavy atom. The Balaban J connectivity index is 1.81. The molecule has 2 fully saturated rings. The van der Waals surface area contributed by atoms with Gasteiger partial charge in [0, 0.05) is 38.8 Å². The number of aromatic nitrogens is 2. The second-order valence-electron chi connectivity index (χ2n) is 8.15. The van der Waals surface area contributed by atoms with Crippen molar-refractivity contribution in [2.24, 2.45) is 11.8 Å². The van der Waals surface area contributed by atoms with Crippen molar-refractivity contribution >= 4 is 34.9 Å². The summed E-state index contributed by atoms with van der Waals surface area (Å²) in [7, 11) is 0. The monoisotopic (exact) mass is 390 g/mol. The second kappa shape index (κ2) is 9.53. The van der Waals surface area contributed by atoms with Gasteiger partial charge in [-0.1, -0.05) is 20.8 Å². The predicted molar refractivity (Wildman–Crippen MR) is 118 cm³/mol. The number of nitrogens with zero attached hydrogens (tertiary/aromatic N) is 4. The summed E-state index contributed by atoms with van der Waals surface area (Å²) in [5.41, 5.74) is 0. The van der Waals surface area contributed by atoms with Crippen molar-refractivity contribution in [2.45, 2.75) is 52.9 Å². The summed E-state index contributed by atoms with van der Waals surface area (Å²) >= 11 is 5.41. The van der Waals surface area contributed by atoms with Crippen molar-refractivity contribution in [3.05, 3.63) is 6.07 Å². The number of rotatable bonds is 5. The van der Waals surface area contributed by atoms with Crippen LogP contribution in [0.4, 0.5) is 17.6 Å². The molecule has 27 heavy (non-hydrogen) atoms. The molecule has 2 saturated heterocycles. The average molecular weight is 391 g/mol. The lowest BCUT2D eigenvalue weighted by atomic mass is 9.99. The van der Waals surface area contributed by atoms with E-state index in [1.54, 1.807) is 0 Å².